The third-order valence-electron chi connectivity index (χ3n) is 7.33. The number of likely N-dealkylation sites (N-methyl/N-ethyl adjacent to an activating group) is 1. The van der Waals surface area contributed by atoms with E-state index in [2.05, 4.69) is 26.1 Å². The lowest BCUT2D eigenvalue weighted by molar-refractivity contribution is -0.137. The van der Waals surface area contributed by atoms with Gasteiger partial charge in [-0.3, -0.25) is 34.4 Å². The maximum absolute atomic E-state index is 13.4. The van der Waals surface area contributed by atoms with Crippen LogP contribution in [0.5, 0.6) is 5.75 Å². The van der Waals surface area contributed by atoms with Crippen LogP contribution in [0.1, 0.15) is 41.3 Å². The maximum atomic E-state index is 13.4. The minimum Gasteiger partial charge on any atom is -0.482 e. The SMILES string of the molecule is CCOCCOCCOCCNC(=O)COc1cc2c(cc1NCC(=O)N(C)Cc1cn[nH]c1)C(=O)N(C1CCC(=O)NC1=O)C2. The number of nitrogens with one attached hydrogen (secondary N) is 4. The lowest BCUT2D eigenvalue weighted by atomic mass is 10.0. The summed E-state index contributed by atoms with van der Waals surface area (Å²) in [5.41, 5.74) is 2.10. The number of carbonyl (C=O) groups excluding carboxylic acids is 5. The second kappa shape index (κ2) is 17.2. The molecule has 250 valence electrons. The highest BCUT2D eigenvalue weighted by atomic mass is 16.5. The molecule has 0 bridgehead atoms. The zero-order chi connectivity index (χ0) is 32.9. The zero-order valence-corrected chi connectivity index (χ0v) is 26.1. The molecule has 1 aromatic carbocycles. The van der Waals surface area contributed by atoms with Gasteiger partial charge in [-0.15, -0.1) is 0 Å². The fraction of sp³-hybridized carbons (Fsp3) is 0.533. The lowest BCUT2D eigenvalue weighted by Crippen LogP contribution is -2.52. The number of hydrogen-bond acceptors (Lipinski definition) is 11. The molecule has 1 fully saturated rings. The molecule has 1 saturated heterocycles. The topological polar surface area (TPSA) is 194 Å². The number of aromatic nitrogens is 2. The van der Waals surface area contributed by atoms with E-state index in [0.717, 1.165) is 5.56 Å². The van der Waals surface area contributed by atoms with Crippen molar-refractivity contribution < 1.29 is 42.9 Å². The lowest BCUT2D eigenvalue weighted by Gasteiger charge is -2.29. The van der Waals surface area contributed by atoms with E-state index in [0.29, 0.717) is 63.0 Å². The summed E-state index contributed by atoms with van der Waals surface area (Å²) in [5, 5.41) is 14.6. The van der Waals surface area contributed by atoms with E-state index in [4.69, 9.17) is 18.9 Å². The van der Waals surface area contributed by atoms with Gasteiger partial charge in [-0.2, -0.15) is 5.10 Å². The highest BCUT2D eigenvalue weighted by molar-refractivity contribution is 6.06. The average Bonchev–Trinajstić information content (AvgIpc) is 3.66. The van der Waals surface area contributed by atoms with Crippen LogP contribution in [0.15, 0.2) is 24.5 Å². The number of fused-ring (bicyclic) bond motifs is 1. The molecule has 5 amide bonds. The van der Waals surface area contributed by atoms with Crippen LogP contribution in [0.3, 0.4) is 0 Å². The van der Waals surface area contributed by atoms with E-state index >= 15 is 0 Å². The van der Waals surface area contributed by atoms with Crippen molar-refractivity contribution >= 4 is 35.2 Å². The summed E-state index contributed by atoms with van der Waals surface area (Å²) in [4.78, 5) is 65.8. The van der Waals surface area contributed by atoms with Crippen LogP contribution >= 0.6 is 0 Å². The first-order valence-corrected chi connectivity index (χ1v) is 15.2. The number of rotatable bonds is 19. The first kappa shape index (κ1) is 34.3. The van der Waals surface area contributed by atoms with Crippen LogP contribution in [0, 0.1) is 0 Å². The van der Waals surface area contributed by atoms with E-state index in [1.807, 2.05) is 6.92 Å². The Morgan fingerprint density at radius 2 is 1.85 bits per heavy atom. The Morgan fingerprint density at radius 1 is 1.09 bits per heavy atom. The van der Waals surface area contributed by atoms with Gasteiger partial charge in [0.2, 0.25) is 17.7 Å². The van der Waals surface area contributed by atoms with Gasteiger partial charge in [-0.25, -0.2) is 0 Å². The fourth-order valence-corrected chi connectivity index (χ4v) is 4.92. The number of aromatic amines is 1. The summed E-state index contributed by atoms with van der Waals surface area (Å²) < 4.78 is 21.9. The number of carbonyl (C=O) groups is 5. The quantitative estimate of drug-likeness (QED) is 0.117. The van der Waals surface area contributed by atoms with Gasteiger partial charge in [-0.05, 0) is 31.0 Å². The number of anilines is 1. The summed E-state index contributed by atoms with van der Waals surface area (Å²) in [7, 11) is 1.65. The number of amides is 5. The normalized spacial score (nSPS) is 15.8. The van der Waals surface area contributed by atoms with Gasteiger partial charge in [0.15, 0.2) is 6.61 Å². The monoisotopic (exact) mass is 643 g/mol. The molecular weight excluding hydrogens is 602 g/mol. The molecule has 2 aliphatic heterocycles. The third kappa shape index (κ3) is 9.73. The van der Waals surface area contributed by atoms with Gasteiger partial charge in [0.25, 0.3) is 11.8 Å². The second-order valence-corrected chi connectivity index (χ2v) is 10.7. The van der Waals surface area contributed by atoms with Crippen LogP contribution in [0.4, 0.5) is 5.69 Å². The van der Waals surface area contributed by atoms with Crippen molar-refractivity contribution in [3.63, 3.8) is 0 Å². The molecule has 2 aliphatic rings. The molecule has 1 unspecified atom stereocenters. The van der Waals surface area contributed by atoms with E-state index in [9.17, 15) is 24.0 Å². The third-order valence-corrected chi connectivity index (χ3v) is 7.33. The molecule has 16 nitrogen and oxygen atoms in total. The number of hydrogen-bond donors (Lipinski definition) is 4. The molecule has 1 aromatic heterocycles. The predicted octanol–water partition coefficient (Wildman–Crippen LogP) is -0.194. The number of nitrogens with zero attached hydrogens (tertiary/aromatic N) is 3. The van der Waals surface area contributed by atoms with Crippen LogP contribution < -0.4 is 20.7 Å². The smallest absolute Gasteiger partial charge is 0.258 e. The number of piperidine rings is 1. The molecule has 16 heteroatoms. The maximum Gasteiger partial charge on any atom is 0.258 e. The fourth-order valence-electron chi connectivity index (χ4n) is 4.92. The Balaban J connectivity index is 1.34. The summed E-state index contributed by atoms with van der Waals surface area (Å²) in [6, 6.07) is 2.40. The Morgan fingerprint density at radius 3 is 2.57 bits per heavy atom. The van der Waals surface area contributed by atoms with Crippen LogP contribution in [0.25, 0.3) is 0 Å². The molecule has 4 N–H and O–H groups in total. The first-order valence-electron chi connectivity index (χ1n) is 15.2. The molecule has 1 atom stereocenters. The predicted molar refractivity (Wildman–Crippen MR) is 163 cm³/mol. The van der Waals surface area contributed by atoms with Crippen LogP contribution in [0.2, 0.25) is 0 Å². The van der Waals surface area contributed by atoms with Gasteiger partial charge < -0.3 is 39.4 Å². The van der Waals surface area contributed by atoms with Gasteiger partial charge in [0.1, 0.15) is 11.8 Å². The molecule has 4 rings (SSSR count). The van der Waals surface area contributed by atoms with Gasteiger partial charge in [-0.1, -0.05) is 0 Å². The van der Waals surface area contributed by atoms with Crippen molar-refractivity contribution in [3.8, 4) is 5.75 Å². The first-order chi connectivity index (χ1) is 22.3. The van der Waals surface area contributed by atoms with Crippen LogP contribution in [-0.4, -0.2) is 122 Å². The highest BCUT2D eigenvalue weighted by Crippen LogP contribution is 2.35. The average molecular weight is 644 g/mol. The van der Waals surface area contributed by atoms with Crippen molar-refractivity contribution in [2.24, 2.45) is 0 Å². The molecule has 0 saturated carbocycles. The Kier molecular flexibility index (Phi) is 12.9. The number of benzene rings is 1. The van der Waals surface area contributed by atoms with E-state index < -0.39 is 11.9 Å². The molecule has 0 radical (unpaired) electrons. The standard InChI is InChI=1S/C30H41N7O9/c1-3-43-8-9-45-11-10-44-7-6-31-27(39)19-46-25-12-21-18-37(24-4-5-26(38)35-29(24)41)30(42)22(21)13-23(25)32-16-28(40)36(2)17-20-14-33-34-15-20/h12-15,24,32H,3-11,16-19H2,1-2H3,(H,31,39)(H,33,34)(H,35,38,41). The summed E-state index contributed by atoms with van der Waals surface area (Å²) in [5.74, 6) is -1.63. The molecule has 46 heavy (non-hydrogen) atoms. The van der Waals surface area contributed by atoms with Crippen molar-refractivity contribution in [2.75, 3.05) is 71.7 Å². The largest absolute Gasteiger partial charge is 0.482 e. The Bertz CT molecular complexity index is 1370. The van der Waals surface area contributed by atoms with Gasteiger partial charge >= 0.3 is 0 Å². The van der Waals surface area contributed by atoms with E-state index in [-0.39, 0.29) is 68.5 Å². The molecule has 2 aromatic rings. The summed E-state index contributed by atoms with van der Waals surface area (Å²) in [6.45, 7) is 4.96. The van der Waals surface area contributed by atoms with E-state index in [1.54, 1.807) is 31.6 Å². The zero-order valence-electron chi connectivity index (χ0n) is 26.1. The number of imide groups is 1. The second-order valence-electron chi connectivity index (χ2n) is 10.7. The summed E-state index contributed by atoms with van der Waals surface area (Å²) in [6.07, 6.45) is 3.68. The molecule has 0 aliphatic carbocycles. The van der Waals surface area contributed by atoms with Crippen molar-refractivity contribution in [2.45, 2.75) is 38.9 Å². The number of H-pyrrole nitrogens is 1. The van der Waals surface area contributed by atoms with Crippen molar-refractivity contribution in [1.29, 1.82) is 0 Å². The Labute approximate surface area is 266 Å². The van der Waals surface area contributed by atoms with Gasteiger partial charge in [0, 0.05) is 57.0 Å². The highest BCUT2D eigenvalue weighted by Gasteiger charge is 2.39. The number of ether oxygens (including phenoxy) is 4. The van der Waals surface area contributed by atoms with Crippen molar-refractivity contribution in [1.82, 2.24) is 30.6 Å². The molecule has 0 spiro atoms. The molecule has 3 heterocycles. The van der Waals surface area contributed by atoms with Crippen molar-refractivity contribution in [3.05, 3.63) is 41.2 Å². The molecular formula is C30H41N7O9. The Hall–Kier alpha value is -4.54. The van der Waals surface area contributed by atoms with Crippen LogP contribution in [-0.2, 0) is 46.5 Å². The minimum absolute atomic E-state index is 0.118. The van der Waals surface area contributed by atoms with Gasteiger partial charge in [0.05, 0.1) is 51.5 Å². The summed E-state index contributed by atoms with van der Waals surface area (Å²) >= 11 is 0. The van der Waals surface area contributed by atoms with E-state index in [1.165, 1.54) is 9.80 Å². The minimum atomic E-state index is -0.786.